The van der Waals surface area contributed by atoms with Crippen molar-refractivity contribution >= 4 is 17.6 Å². The monoisotopic (exact) mass is 284 g/mol. The summed E-state index contributed by atoms with van der Waals surface area (Å²) in [4.78, 5) is 19.4. The van der Waals surface area contributed by atoms with E-state index in [0.717, 1.165) is 25.7 Å². The lowest BCUT2D eigenvalue weighted by Crippen LogP contribution is -2.36. The van der Waals surface area contributed by atoms with Gasteiger partial charge in [-0.15, -0.1) is 0 Å². The van der Waals surface area contributed by atoms with Gasteiger partial charge in [0.25, 0.3) is 0 Å². The van der Waals surface area contributed by atoms with Gasteiger partial charge in [0.05, 0.1) is 11.2 Å². The second kappa shape index (κ2) is 5.43. The van der Waals surface area contributed by atoms with E-state index in [1.807, 2.05) is 0 Å². The number of methoxy groups -OCH3 is 1. The average molecular weight is 285 g/mol. The van der Waals surface area contributed by atoms with E-state index in [9.17, 15) is 4.79 Å². The van der Waals surface area contributed by atoms with Gasteiger partial charge in [0.1, 0.15) is 5.60 Å². The van der Waals surface area contributed by atoms with E-state index < -0.39 is 11.6 Å². The molecule has 1 aromatic heterocycles. The van der Waals surface area contributed by atoms with E-state index in [1.165, 1.54) is 6.20 Å². The maximum absolute atomic E-state index is 11.1. The SMILES string of the molecule is COC1(c2ncc(Cl)c(C(=O)O)n2)CCCC(C)C1. The number of aromatic carboxylic acids is 1. The highest BCUT2D eigenvalue weighted by molar-refractivity contribution is 6.33. The number of aromatic nitrogens is 2. The Kier molecular flexibility index (Phi) is 4.06. The van der Waals surface area contributed by atoms with Crippen molar-refractivity contribution in [2.24, 2.45) is 5.92 Å². The van der Waals surface area contributed by atoms with Crippen molar-refractivity contribution in [1.82, 2.24) is 9.97 Å². The van der Waals surface area contributed by atoms with Crippen LogP contribution in [0, 0.1) is 5.92 Å². The molecule has 1 heterocycles. The summed E-state index contributed by atoms with van der Waals surface area (Å²) in [6, 6.07) is 0. The van der Waals surface area contributed by atoms with Gasteiger partial charge in [0.15, 0.2) is 11.5 Å². The predicted molar refractivity (Wildman–Crippen MR) is 70.3 cm³/mol. The van der Waals surface area contributed by atoms with Crippen molar-refractivity contribution in [2.75, 3.05) is 7.11 Å². The molecule has 5 nitrogen and oxygen atoms in total. The molecule has 1 aliphatic carbocycles. The van der Waals surface area contributed by atoms with Crippen molar-refractivity contribution in [3.05, 3.63) is 22.7 Å². The highest BCUT2D eigenvalue weighted by Gasteiger charge is 2.40. The molecule has 1 aromatic rings. The van der Waals surface area contributed by atoms with Gasteiger partial charge in [-0.1, -0.05) is 24.9 Å². The summed E-state index contributed by atoms with van der Waals surface area (Å²) in [6.07, 6.45) is 5.10. The zero-order valence-electron chi connectivity index (χ0n) is 11.0. The fourth-order valence-electron chi connectivity index (χ4n) is 2.72. The number of carboxylic acid groups (broad SMARTS) is 1. The normalized spacial score (nSPS) is 27.2. The molecule has 2 unspecified atom stereocenters. The second-order valence-corrected chi connectivity index (χ2v) is 5.50. The Bertz CT molecular complexity index is 495. The Morgan fingerprint density at radius 1 is 1.63 bits per heavy atom. The van der Waals surface area contributed by atoms with Crippen LogP contribution in [-0.2, 0) is 10.3 Å². The lowest BCUT2D eigenvalue weighted by atomic mass is 9.78. The first-order valence-corrected chi connectivity index (χ1v) is 6.68. The van der Waals surface area contributed by atoms with Crippen LogP contribution in [-0.4, -0.2) is 28.2 Å². The first-order chi connectivity index (χ1) is 8.98. The number of ether oxygens (including phenoxy) is 1. The molecule has 0 aliphatic heterocycles. The van der Waals surface area contributed by atoms with E-state index in [4.69, 9.17) is 21.4 Å². The third kappa shape index (κ3) is 2.72. The first kappa shape index (κ1) is 14.2. The quantitative estimate of drug-likeness (QED) is 0.924. The highest BCUT2D eigenvalue weighted by atomic mass is 35.5. The molecule has 0 saturated heterocycles. The van der Waals surface area contributed by atoms with Crippen LogP contribution in [0.2, 0.25) is 5.02 Å². The minimum absolute atomic E-state index is 0.0476. The van der Waals surface area contributed by atoms with Gasteiger partial charge in [0, 0.05) is 7.11 Å². The van der Waals surface area contributed by atoms with Crippen molar-refractivity contribution in [2.45, 2.75) is 38.2 Å². The molecule has 1 saturated carbocycles. The Hall–Kier alpha value is -1.20. The molecule has 0 amide bonds. The van der Waals surface area contributed by atoms with Crippen molar-refractivity contribution in [3.63, 3.8) is 0 Å². The summed E-state index contributed by atoms with van der Waals surface area (Å²) in [5, 5.41) is 9.13. The third-order valence-corrected chi connectivity index (χ3v) is 3.98. The van der Waals surface area contributed by atoms with Crippen molar-refractivity contribution in [1.29, 1.82) is 0 Å². The number of nitrogens with zero attached hydrogens (tertiary/aromatic N) is 2. The molecule has 1 N–H and O–H groups in total. The summed E-state index contributed by atoms with van der Waals surface area (Å²) >= 11 is 5.80. The summed E-state index contributed by atoms with van der Waals surface area (Å²) in [5.41, 5.74) is -0.756. The van der Waals surface area contributed by atoms with Crippen molar-refractivity contribution < 1.29 is 14.6 Å². The predicted octanol–water partition coefficient (Wildman–Crippen LogP) is 2.88. The lowest BCUT2D eigenvalue weighted by molar-refractivity contribution is -0.0647. The van der Waals surface area contributed by atoms with Crippen LogP contribution in [0.1, 0.15) is 48.9 Å². The Labute approximate surface area is 117 Å². The fraction of sp³-hybridized carbons (Fsp3) is 0.615. The maximum Gasteiger partial charge on any atom is 0.356 e. The maximum atomic E-state index is 11.1. The summed E-state index contributed by atoms with van der Waals surface area (Å²) in [5.74, 6) is -0.228. The van der Waals surface area contributed by atoms with Gasteiger partial charge >= 0.3 is 5.97 Å². The molecule has 0 aromatic carbocycles. The lowest BCUT2D eigenvalue weighted by Gasteiger charge is -2.37. The van der Waals surface area contributed by atoms with Crippen LogP contribution in [0.15, 0.2) is 6.20 Å². The van der Waals surface area contributed by atoms with Crippen LogP contribution in [0.25, 0.3) is 0 Å². The molecule has 2 atom stereocenters. The molecule has 2 rings (SSSR count). The van der Waals surface area contributed by atoms with Crippen LogP contribution in [0.3, 0.4) is 0 Å². The Balaban J connectivity index is 2.43. The Morgan fingerprint density at radius 3 is 2.95 bits per heavy atom. The van der Waals surface area contributed by atoms with Crippen molar-refractivity contribution in [3.8, 4) is 0 Å². The van der Waals surface area contributed by atoms with Crippen LogP contribution < -0.4 is 0 Å². The molecule has 1 fully saturated rings. The van der Waals surface area contributed by atoms with Gasteiger partial charge in [-0.3, -0.25) is 0 Å². The second-order valence-electron chi connectivity index (χ2n) is 5.10. The van der Waals surface area contributed by atoms with E-state index in [1.54, 1.807) is 7.11 Å². The number of carbonyl (C=O) groups is 1. The number of hydrogen-bond acceptors (Lipinski definition) is 4. The standard InChI is InChI=1S/C13H17ClN2O3/c1-8-4-3-5-13(6-8,19-2)12-15-7-9(14)10(16-12)11(17)18/h7-8H,3-6H2,1-2H3,(H,17,18). The first-order valence-electron chi connectivity index (χ1n) is 6.30. The molecular weight excluding hydrogens is 268 g/mol. The van der Waals surface area contributed by atoms with Gasteiger partial charge in [0.2, 0.25) is 0 Å². The number of halogens is 1. The molecule has 104 valence electrons. The van der Waals surface area contributed by atoms with Gasteiger partial charge in [-0.25, -0.2) is 14.8 Å². The van der Waals surface area contributed by atoms with Gasteiger partial charge in [-0.05, 0) is 25.2 Å². The molecule has 0 radical (unpaired) electrons. The fourth-order valence-corrected chi connectivity index (χ4v) is 2.89. The molecule has 0 spiro atoms. The summed E-state index contributed by atoms with van der Waals surface area (Å²) in [6.45, 7) is 2.15. The number of hydrogen-bond donors (Lipinski definition) is 1. The largest absolute Gasteiger partial charge is 0.476 e. The molecule has 6 heteroatoms. The van der Waals surface area contributed by atoms with E-state index in [2.05, 4.69) is 16.9 Å². The Morgan fingerprint density at radius 2 is 2.37 bits per heavy atom. The third-order valence-electron chi connectivity index (χ3n) is 3.70. The molecular formula is C13H17ClN2O3. The molecule has 1 aliphatic rings. The topological polar surface area (TPSA) is 72.3 Å². The number of carboxylic acids is 1. The highest BCUT2D eigenvalue weighted by Crippen LogP contribution is 2.41. The minimum atomic E-state index is -1.15. The summed E-state index contributed by atoms with van der Waals surface area (Å²) in [7, 11) is 1.62. The van der Waals surface area contributed by atoms with Gasteiger partial charge in [-0.2, -0.15) is 0 Å². The summed E-state index contributed by atoms with van der Waals surface area (Å²) < 4.78 is 5.65. The van der Waals surface area contributed by atoms with Crippen LogP contribution >= 0.6 is 11.6 Å². The van der Waals surface area contributed by atoms with E-state index in [0.29, 0.717) is 11.7 Å². The zero-order valence-corrected chi connectivity index (χ0v) is 11.8. The van der Waals surface area contributed by atoms with E-state index in [-0.39, 0.29) is 10.7 Å². The molecule has 19 heavy (non-hydrogen) atoms. The van der Waals surface area contributed by atoms with Gasteiger partial charge < -0.3 is 9.84 Å². The zero-order chi connectivity index (χ0) is 14.0. The number of rotatable bonds is 3. The van der Waals surface area contributed by atoms with E-state index >= 15 is 0 Å². The minimum Gasteiger partial charge on any atom is -0.476 e. The average Bonchev–Trinajstić information content (AvgIpc) is 2.38. The van der Waals surface area contributed by atoms with Crippen LogP contribution in [0.5, 0.6) is 0 Å². The molecule has 0 bridgehead atoms. The van der Waals surface area contributed by atoms with Crippen LogP contribution in [0.4, 0.5) is 0 Å². The smallest absolute Gasteiger partial charge is 0.356 e.